The van der Waals surface area contributed by atoms with E-state index in [2.05, 4.69) is 24.3 Å². The third-order valence-corrected chi connectivity index (χ3v) is 3.81. The van der Waals surface area contributed by atoms with Crippen LogP contribution in [0.15, 0.2) is 42.5 Å². The monoisotopic (exact) mass is 304 g/mol. The van der Waals surface area contributed by atoms with Crippen molar-refractivity contribution >= 4 is 0 Å². The summed E-state index contributed by atoms with van der Waals surface area (Å²) < 4.78 is 5.83. The zero-order valence-corrected chi connectivity index (χ0v) is 13.5. The molecule has 23 heavy (non-hydrogen) atoms. The van der Waals surface area contributed by atoms with Crippen LogP contribution in [0.5, 0.6) is 5.75 Å². The molecule has 1 unspecified atom stereocenters. The predicted molar refractivity (Wildman–Crippen MR) is 90.2 cm³/mol. The first-order valence-electron chi connectivity index (χ1n) is 7.74. The van der Waals surface area contributed by atoms with E-state index in [1.54, 1.807) is 12.1 Å². The highest BCUT2D eigenvalue weighted by Crippen LogP contribution is 2.23. The van der Waals surface area contributed by atoms with Gasteiger partial charge in [-0.1, -0.05) is 24.3 Å². The quantitative estimate of drug-likeness (QED) is 0.730. The molecule has 3 heteroatoms. The molecular weight excluding hydrogens is 284 g/mol. The molecule has 0 aromatic heterocycles. The molecule has 2 aromatic rings. The van der Waals surface area contributed by atoms with Crippen LogP contribution in [0, 0.1) is 36.5 Å². The third kappa shape index (κ3) is 4.59. The van der Waals surface area contributed by atoms with E-state index in [1.165, 1.54) is 5.56 Å². The van der Waals surface area contributed by atoms with Gasteiger partial charge in [-0.05, 0) is 61.6 Å². The van der Waals surface area contributed by atoms with E-state index >= 15 is 0 Å². The first-order valence-corrected chi connectivity index (χ1v) is 7.74. The summed E-state index contributed by atoms with van der Waals surface area (Å²) in [6.07, 6.45) is 1.51. The van der Waals surface area contributed by atoms with Crippen LogP contribution in [0.4, 0.5) is 0 Å². The lowest BCUT2D eigenvalue weighted by molar-refractivity contribution is 0.303. The molecule has 0 heterocycles. The average molecular weight is 304 g/mol. The molecule has 1 atom stereocenters. The molecule has 2 rings (SSSR count). The Bertz CT molecular complexity index is 753. The minimum atomic E-state index is -0.203. The highest BCUT2D eigenvalue weighted by Gasteiger charge is 2.11. The number of hydrogen-bond acceptors (Lipinski definition) is 3. The van der Waals surface area contributed by atoms with Crippen LogP contribution >= 0.6 is 0 Å². The van der Waals surface area contributed by atoms with Crippen molar-refractivity contribution in [1.29, 1.82) is 10.5 Å². The second-order valence-corrected chi connectivity index (χ2v) is 5.68. The van der Waals surface area contributed by atoms with Gasteiger partial charge in [0.2, 0.25) is 0 Å². The molecule has 2 aromatic carbocycles. The molecule has 0 aliphatic rings. The maximum Gasteiger partial charge on any atom is 0.122 e. The number of benzene rings is 2. The smallest absolute Gasteiger partial charge is 0.122 e. The fourth-order valence-electron chi connectivity index (χ4n) is 2.46. The minimum absolute atomic E-state index is 0.203. The lowest BCUT2D eigenvalue weighted by Gasteiger charge is -2.12. The Morgan fingerprint density at radius 2 is 1.91 bits per heavy atom. The summed E-state index contributed by atoms with van der Waals surface area (Å²) in [5.74, 6) is 0.704. The van der Waals surface area contributed by atoms with Crippen molar-refractivity contribution in [2.45, 2.75) is 32.6 Å². The van der Waals surface area contributed by atoms with E-state index in [1.807, 2.05) is 32.0 Å². The predicted octanol–water partition coefficient (Wildman–Crippen LogP) is 4.64. The topological polar surface area (TPSA) is 56.8 Å². The third-order valence-electron chi connectivity index (χ3n) is 3.81. The molecule has 0 spiro atoms. The molecule has 0 aliphatic heterocycles. The van der Waals surface area contributed by atoms with Gasteiger partial charge in [0.15, 0.2) is 0 Å². The van der Waals surface area contributed by atoms with Gasteiger partial charge >= 0.3 is 0 Å². The first-order chi connectivity index (χ1) is 11.1. The normalized spacial score (nSPS) is 11.3. The summed E-state index contributed by atoms with van der Waals surface area (Å²) in [4.78, 5) is 0. The van der Waals surface area contributed by atoms with Gasteiger partial charge in [-0.15, -0.1) is 0 Å². The molecule has 0 bridgehead atoms. The van der Waals surface area contributed by atoms with Gasteiger partial charge in [-0.2, -0.15) is 10.5 Å². The summed E-state index contributed by atoms with van der Waals surface area (Å²) in [6.45, 7) is 4.65. The Labute approximate surface area is 137 Å². The standard InChI is InChI=1S/C20H20N2O/c1-15-8-9-16(2)20(11-15)23-10-4-7-19(14-22)18-6-3-5-17(12-18)13-21/h3,5-6,8-9,11-12,19H,4,7,10H2,1-2H3. The summed E-state index contributed by atoms with van der Waals surface area (Å²) >= 11 is 0. The van der Waals surface area contributed by atoms with Crippen LogP contribution in [0.25, 0.3) is 0 Å². The Kier molecular flexibility index (Phi) is 5.78. The second-order valence-electron chi connectivity index (χ2n) is 5.68. The number of nitrogens with zero attached hydrogens (tertiary/aromatic N) is 2. The van der Waals surface area contributed by atoms with E-state index in [4.69, 9.17) is 10.00 Å². The lowest BCUT2D eigenvalue weighted by Crippen LogP contribution is -2.03. The fraction of sp³-hybridized carbons (Fsp3) is 0.300. The maximum absolute atomic E-state index is 9.37. The maximum atomic E-state index is 9.37. The van der Waals surface area contributed by atoms with Gasteiger partial charge in [0.1, 0.15) is 5.75 Å². The Morgan fingerprint density at radius 1 is 1.09 bits per heavy atom. The van der Waals surface area contributed by atoms with Gasteiger partial charge in [-0.25, -0.2) is 0 Å². The number of hydrogen-bond donors (Lipinski definition) is 0. The minimum Gasteiger partial charge on any atom is -0.493 e. The van der Waals surface area contributed by atoms with Crippen LogP contribution in [0.2, 0.25) is 0 Å². The lowest BCUT2D eigenvalue weighted by atomic mass is 9.94. The van der Waals surface area contributed by atoms with Gasteiger partial charge in [-0.3, -0.25) is 0 Å². The van der Waals surface area contributed by atoms with Crippen molar-refractivity contribution in [3.05, 3.63) is 64.7 Å². The van der Waals surface area contributed by atoms with Gasteiger partial charge < -0.3 is 4.74 Å². The largest absolute Gasteiger partial charge is 0.493 e. The number of ether oxygens (including phenoxy) is 1. The number of nitriles is 2. The molecule has 0 N–H and O–H groups in total. The van der Waals surface area contributed by atoms with Crippen molar-refractivity contribution < 1.29 is 4.74 Å². The van der Waals surface area contributed by atoms with Crippen molar-refractivity contribution in [2.24, 2.45) is 0 Å². The molecule has 3 nitrogen and oxygen atoms in total. The van der Waals surface area contributed by atoms with E-state index in [0.29, 0.717) is 12.2 Å². The van der Waals surface area contributed by atoms with E-state index < -0.39 is 0 Å². The Balaban J connectivity index is 1.90. The van der Waals surface area contributed by atoms with Crippen molar-refractivity contribution in [3.63, 3.8) is 0 Å². The summed E-state index contributed by atoms with van der Waals surface area (Å²) in [5, 5.41) is 18.3. The number of aryl methyl sites for hydroxylation is 2. The zero-order valence-electron chi connectivity index (χ0n) is 13.5. The molecule has 116 valence electrons. The van der Waals surface area contributed by atoms with Crippen LogP contribution in [-0.4, -0.2) is 6.61 Å². The van der Waals surface area contributed by atoms with Gasteiger partial charge in [0, 0.05) is 0 Å². The summed E-state index contributed by atoms with van der Waals surface area (Å²) in [7, 11) is 0. The highest BCUT2D eigenvalue weighted by atomic mass is 16.5. The molecule has 0 amide bonds. The van der Waals surface area contributed by atoms with Crippen LogP contribution in [-0.2, 0) is 0 Å². The van der Waals surface area contributed by atoms with E-state index in [-0.39, 0.29) is 5.92 Å². The van der Waals surface area contributed by atoms with Crippen molar-refractivity contribution in [1.82, 2.24) is 0 Å². The number of rotatable bonds is 6. The van der Waals surface area contributed by atoms with E-state index in [9.17, 15) is 5.26 Å². The summed E-state index contributed by atoms with van der Waals surface area (Å²) in [5.41, 5.74) is 3.79. The van der Waals surface area contributed by atoms with Crippen LogP contribution in [0.3, 0.4) is 0 Å². The van der Waals surface area contributed by atoms with E-state index in [0.717, 1.165) is 29.7 Å². The second kappa shape index (κ2) is 8.01. The van der Waals surface area contributed by atoms with Gasteiger partial charge in [0.25, 0.3) is 0 Å². The Morgan fingerprint density at radius 3 is 2.65 bits per heavy atom. The summed E-state index contributed by atoms with van der Waals surface area (Å²) in [6, 6.07) is 17.9. The molecule has 0 saturated heterocycles. The Hall–Kier alpha value is -2.78. The SMILES string of the molecule is Cc1ccc(C)c(OCCCC(C#N)c2cccc(C#N)c2)c1. The zero-order chi connectivity index (χ0) is 16.7. The van der Waals surface area contributed by atoms with Crippen LogP contribution < -0.4 is 4.74 Å². The average Bonchev–Trinajstić information content (AvgIpc) is 2.58. The first kappa shape index (κ1) is 16.6. The molecule has 0 aliphatic carbocycles. The van der Waals surface area contributed by atoms with Crippen molar-refractivity contribution in [2.75, 3.05) is 6.61 Å². The highest BCUT2D eigenvalue weighted by molar-refractivity contribution is 5.37. The fourth-order valence-corrected chi connectivity index (χ4v) is 2.46. The molecular formula is C20H20N2O. The van der Waals surface area contributed by atoms with Gasteiger partial charge in [0.05, 0.1) is 30.2 Å². The molecule has 0 radical (unpaired) electrons. The van der Waals surface area contributed by atoms with Crippen molar-refractivity contribution in [3.8, 4) is 17.9 Å². The van der Waals surface area contributed by atoms with Crippen LogP contribution in [0.1, 0.15) is 41.0 Å². The molecule has 0 fully saturated rings. The molecule has 0 saturated carbocycles.